The third kappa shape index (κ3) is 2.81. The number of benzene rings is 1. The van der Waals surface area contributed by atoms with Crippen molar-refractivity contribution in [2.24, 2.45) is 0 Å². The van der Waals surface area contributed by atoms with Gasteiger partial charge in [0.2, 0.25) is 0 Å². The van der Waals surface area contributed by atoms with Crippen LogP contribution < -0.4 is 5.56 Å². The fourth-order valence-corrected chi connectivity index (χ4v) is 3.47. The van der Waals surface area contributed by atoms with E-state index in [9.17, 15) is 9.59 Å². The van der Waals surface area contributed by atoms with Crippen LogP contribution in [0.1, 0.15) is 45.6 Å². The summed E-state index contributed by atoms with van der Waals surface area (Å²) in [5, 5.41) is 9.16. The molecule has 2 heterocycles. The van der Waals surface area contributed by atoms with Gasteiger partial charge < -0.3 is 5.11 Å². The molecule has 0 bridgehead atoms. The maximum Gasteiger partial charge on any atom is 0.337 e. The van der Waals surface area contributed by atoms with Gasteiger partial charge in [0.05, 0.1) is 11.3 Å². The number of aryl methyl sites for hydroxylation is 1. The van der Waals surface area contributed by atoms with Crippen LogP contribution in [-0.2, 0) is 6.42 Å². The van der Waals surface area contributed by atoms with E-state index in [-0.39, 0.29) is 11.1 Å². The average Bonchev–Trinajstić information content (AvgIpc) is 2.62. The highest BCUT2D eigenvalue weighted by Gasteiger charge is 2.21. The number of aromatic carboxylic acids is 1. The molecule has 5 heteroatoms. The van der Waals surface area contributed by atoms with Crippen LogP contribution in [-0.4, -0.2) is 20.5 Å². The van der Waals surface area contributed by atoms with Gasteiger partial charge in [-0.1, -0.05) is 29.8 Å². The van der Waals surface area contributed by atoms with Crippen LogP contribution >= 0.6 is 0 Å². The molecule has 0 saturated heterocycles. The molecule has 0 atom stereocenters. The third-order valence-electron chi connectivity index (χ3n) is 4.72. The SMILES string of the molecule is Cc1cccc(/C=C2/CCCc3c2nc2ccc(C(=O)O)cn2c3=O)c1. The fourth-order valence-electron chi connectivity index (χ4n) is 3.47. The van der Waals surface area contributed by atoms with Crippen LogP contribution in [0.4, 0.5) is 0 Å². The second-order valence-electron chi connectivity index (χ2n) is 6.63. The molecular formula is C21H18N2O3. The Kier molecular flexibility index (Phi) is 3.92. The smallest absolute Gasteiger partial charge is 0.337 e. The van der Waals surface area contributed by atoms with Crippen LogP contribution in [0.5, 0.6) is 0 Å². The molecule has 1 N–H and O–H groups in total. The molecule has 0 aliphatic heterocycles. The van der Waals surface area contributed by atoms with Crippen LogP contribution in [0.2, 0.25) is 0 Å². The summed E-state index contributed by atoms with van der Waals surface area (Å²) in [6.07, 6.45) is 5.86. The molecule has 0 spiro atoms. The maximum atomic E-state index is 12.9. The van der Waals surface area contributed by atoms with E-state index in [1.54, 1.807) is 6.07 Å². The molecule has 0 radical (unpaired) electrons. The van der Waals surface area contributed by atoms with Crippen molar-refractivity contribution in [1.29, 1.82) is 0 Å². The van der Waals surface area contributed by atoms with Crippen molar-refractivity contribution in [3.05, 3.63) is 80.9 Å². The van der Waals surface area contributed by atoms with Gasteiger partial charge in [-0.05, 0) is 55.5 Å². The summed E-state index contributed by atoms with van der Waals surface area (Å²) in [6.45, 7) is 2.05. The van der Waals surface area contributed by atoms with E-state index in [1.165, 1.54) is 22.2 Å². The zero-order valence-corrected chi connectivity index (χ0v) is 14.4. The van der Waals surface area contributed by atoms with E-state index >= 15 is 0 Å². The van der Waals surface area contributed by atoms with Gasteiger partial charge in [0.25, 0.3) is 5.56 Å². The number of hydrogen-bond acceptors (Lipinski definition) is 3. The Morgan fingerprint density at radius 3 is 2.85 bits per heavy atom. The van der Waals surface area contributed by atoms with Gasteiger partial charge in [-0.25, -0.2) is 9.78 Å². The lowest BCUT2D eigenvalue weighted by molar-refractivity contribution is 0.0696. The molecule has 0 amide bonds. The molecule has 1 aromatic carbocycles. The molecule has 26 heavy (non-hydrogen) atoms. The van der Waals surface area contributed by atoms with E-state index in [0.29, 0.717) is 17.6 Å². The topological polar surface area (TPSA) is 71.7 Å². The first kappa shape index (κ1) is 16.3. The van der Waals surface area contributed by atoms with Crippen LogP contribution in [0.25, 0.3) is 17.3 Å². The molecular weight excluding hydrogens is 328 g/mol. The second-order valence-corrected chi connectivity index (χ2v) is 6.63. The van der Waals surface area contributed by atoms with E-state index in [2.05, 4.69) is 30.1 Å². The first-order valence-corrected chi connectivity index (χ1v) is 8.59. The number of aromatic nitrogens is 2. The van der Waals surface area contributed by atoms with Crippen molar-refractivity contribution in [2.45, 2.75) is 26.2 Å². The number of hydrogen-bond donors (Lipinski definition) is 1. The Hall–Kier alpha value is -3.21. The van der Waals surface area contributed by atoms with Crippen LogP contribution in [0, 0.1) is 6.92 Å². The number of carboxylic acid groups (broad SMARTS) is 1. The van der Waals surface area contributed by atoms with Crippen molar-refractivity contribution < 1.29 is 9.90 Å². The fraction of sp³-hybridized carbons (Fsp3) is 0.190. The minimum Gasteiger partial charge on any atom is -0.478 e. The van der Waals surface area contributed by atoms with E-state index in [4.69, 9.17) is 5.11 Å². The number of carbonyl (C=O) groups is 1. The summed E-state index contributed by atoms with van der Waals surface area (Å²) in [6, 6.07) is 11.3. The highest BCUT2D eigenvalue weighted by molar-refractivity contribution is 5.88. The first-order valence-electron chi connectivity index (χ1n) is 8.59. The van der Waals surface area contributed by atoms with Gasteiger partial charge in [0.1, 0.15) is 5.65 Å². The summed E-state index contributed by atoms with van der Waals surface area (Å²) in [7, 11) is 0. The zero-order chi connectivity index (χ0) is 18.3. The highest BCUT2D eigenvalue weighted by Crippen LogP contribution is 2.29. The van der Waals surface area contributed by atoms with Crippen molar-refractivity contribution >= 4 is 23.3 Å². The van der Waals surface area contributed by atoms with Gasteiger partial charge in [-0.2, -0.15) is 0 Å². The molecule has 4 rings (SSSR count). The van der Waals surface area contributed by atoms with Crippen LogP contribution in [0.15, 0.2) is 47.4 Å². The summed E-state index contributed by atoms with van der Waals surface area (Å²) < 4.78 is 1.35. The second kappa shape index (κ2) is 6.26. The number of carboxylic acids is 1. The molecule has 2 aromatic heterocycles. The van der Waals surface area contributed by atoms with Crippen molar-refractivity contribution in [2.75, 3.05) is 0 Å². The minimum absolute atomic E-state index is 0.0766. The number of fused-ring (bicyclic) bond motifs is 2. The monoisotopic (exact) mass is 346 g/mol. The lowest BCUT2D eigenvalue weighted by Crippen LogP contribution is -2.25. The Bertz CT molecular complexity index is 1130. The number of pyridine rings is 1. The molecule has 3 aromatic rings. The predicted molar refractivity (Wildman–Crippen MR) is 100 cm³/mol. The van der Waals surface area contributed by atoms with Gasteiger partial charge >= 0.3 is 5.97 Å². The molecule has 1 aliphatic rings. The van der Waals surface area contributed by atoms with Gasteiger partial charge in [-0.3, -0.25) is 9.20 Å². The number of allylic oxidation sites excluding steroid dienone is 1. The predicted octanol–water partition coefficient (Wildman–Crippen LogP) is 3.58. The normalized spacial score (nSPS) is 15.2. The summed E-state index contributed by atoms with van der Waals surface area (Å²) >= 11 is 0. The lowest BCUT2D eigenvalue weighted by atomic mass is 9.90. The standard InChI is InChI=1S/C21H18N2O3/c1-13-4-2-5-14(10-13)11-15-6-3-7-17-19(15)22-18-9-8-16(21(25)26)12-23(18)20(17)24/h2,4-5,8-12H,3,6-7H2,1H3,(H,25,26)/b15-11-. The number of rotatable bonds is 2. The Labute approximate surface area is 150 Å². The first-order chi connectivity index (χ1) is 12.5. The van der Waals surface area contributed by atoms with Gasteiger partial charge in [0, 0.05) is 11.8 Å². The Balaban J connectivity index is 1.91. The lowest BCUT2D eigenvalue weighted by Gasteiger charge is -2.18. The van der Waals surface area contributed by atoms with Crippen molar-refractivity contribution in [3.63, 3.8) is 0 Å². The maximum absolute atomic E-state index is 12.9. The van der Waals surface area contributed by atoms with E-state index in [1.807, 2.05) is 12.1 Å². The molecule has 5 nitrogen and oxygen atoms in total. The van der Waals surface area contributed by atoms with Crippen molar-refractivity contribution in [1.82, 2.24) is 9.38 Å². The summed E-state index contributed by atoms with van der Waals surface area (Å²) in [4.78, 5) is 28.8. The van der Waals surface area contributed by atoms with Gasteiger partial charge in [0.15, 0.2) is 0 Å². The third-order valence-corrected chi connectivity index (χ3v) is 4.72. The largest absolute Gasteiger partial charge is 0.478 e. The summed E-state index contributed by atoms with van der Waals surface area (Å²) in [5.74, 6) is -1.06. The zero-order valence-electron chi connectivity index (χ0n) is 14.4. The molecule has 0 fully saturated rings. The minimum atomic E-state index is -1.06. The Morgan fingerprint density at radius 2 is 2.08 bits per heavy atom. The molecule has 130 valence electrons. The van der Waals surface area contributed by atoms with E-state index < -0.39 is 5.97 Å². The van der Waals surface area contributed by atoms with Crippen molar-refractivity contribution in [3.8, 4) is 0 Å². The highest BCUT2D eigenvalue weighted by atomic mass is 16.4. The molecule has 0 saturated carbocycles. The average molecular weight is 346 g/mol. The van der Waals surface area contributed by atoms with E-state index in [0.717, 1.165) is 29.7 Å². The Morgan fingerprint density at radius 1 is 1.23 bits per heavy atom. The molecule has 0 unspecified atom stereocenters. The van der Waals surface area contributed by atoms with Gasteiger partial charge in [-0.15, -0.1) is 0 Å². The molecule has 1 aliphatic carbocycles. The summed E-state index contributed by atoms with van der Waals surface area (Å²) in [5.41, 5.74) is 5.10. The number of nitrogens with zero attached hydrogens (tertiary/aromatic N) is 2. The van der Waals surface area contributed by atoms with Crippen LogP contribution in [0.3, 0.4) is 0 Å². The quantitative estimate of drug-likeness (QED) is 0.770.